The Balaban J connectivity index is 3.52. The SMILES string of the molecule is CC(C/C=C/CC=O)C(=O)O. The van der Waals surface area contributed by atoms with E-state index in [-0.39, 0.29) is 5.92 Å². The highest BCUT2D eigenvalue weighted by molar-refractivity contribution is 5.69. The lowest BCUT2D eigenvalue weighted by Gasteiger charge is -1.98. The van der Waals surface area contributed by atoms with E-state index in [9.17, 15) is 9.59 Å². The van der Waals surface area contributed by atoms with Crippen molar-refractivity contribution in [1.29, 1.82) is 0 Å². The molecule has 0 fully saturated rings. The third-order valence-corrected chi connectivity index (χ3v) is 1.31. The summed E-state index contributed by atoms with van der Waals surface area (Å²) in [6, 6.07) is 0. The molecule has 0 aliphatic rings. The Labute approximate surface area is 65.7 Å². The van der Waals surface area contributed by atoms with E-state index in [2.05, 4.69) is 0 Å². The van der Waals surface area contributed by atoms with Gasteiger partial charge in [-0.2, -0.15) is 0 Å². The van der Waals surface area contributed by atoms with Crippen LogP contribution in [0, 0.1) is 5.92 Å². The highest BCUT2D eigenvalue weighted by Crippen LogP contribution is 2.02. The van der Waals surface area contributed by atoms with Gasteiger partial charge in [0.25, 0.3) is 0 Å². The molecule has 62 valence electrons. The normalized spacial score (nSPS) is 13.2. The summed E-state index contributed by atoms with van der Waals surface area (Å²) in [5, 5.41) is 8.44. The molecule has 0 aromatic carbocycles. The van der Waals surface area contributed by atoms with E-state index in [1.54, 1.807) is 19.1 Å². The van der Waals surface area contributed by atoms with Crippen LogP contribution >= 0.6 is 0 Å². The Bertz CT molecular complexity index is 161. The molecule has 0 heterocycles. The quantitative estimate of drug-likeness (QED) is 0.481. The minimum absolute atomic E-state index is 0.363. The van der Waals surface area contributed by atoms with Crippen molar-refractivity contribution in [3.8, 4) is 0 Å². The number of carbonyl (C=O) groups excluding carboxylic acids is 1. The molecule has 0 aromatic heterocycles. The summed E-state index contributed by atoms with van der Waals surface area (Å²) in [6.07, 6.45) is 5.02. The first-order valence-corrected chi connectivity index (χ1v) is 3.50. The fourth-order valence-electron chi connectivity index (χ4n) is 0.553. The molecule has 3 heteroatoms. The van der Waals surface area contributed by atoms with Gasteiger partial charge in [-0.3, -0.25) is 4.79 Å². The second-order valence-corrected chi connectivity index (χ2v) is 2.35. The zero-order valence-corrected chi connectivity index (χ0v) is 6.49. The number of hydrogen-bond acceptors (Lipinski definition) is 2. The van der Waals surface area contributed by atoms with E-state index in [1.807, 2.05) is 0 Å². The van der Waals surface area contributed by atoms with Crippen LogP contribution in [0.4, 0.5) is 0 Å². The van der Waals surface area contributed by atoms with Crippen LogP contribution in [0.15, 0.2) is 12.2 Å². The number of carboxylic acid groups (broad SMARTS) is 1. The van der Waals surface area contributed by atoms with E-state index >= 15 is 0 Å². The summed E-state index contributed by atoms with van der Waals surface area (Å²) in [5.74, 6) is -1.17. The van der Waals surface area contributed by atoms with E-state index in [0.717, 1.165) is 6.29 Å². The molecule has 0 radical (unpaired) electrons. The van der Waals surface area contributed by atoms with Gasteiger partial charge in [0.05, 0.1) is 5.92 Å². The lowest BCUT2D eigenvalue weighted by atomic mass is 10.1. The van der Waals surface area contributed by atoms with Crippen LogP contribution in [0.1, 0.15) is 19.8 Å². The Morgan fingerprint density at radius 3 is 2.64 bits per heavy atom. The molecular formula is C8H12O3. The zero-order chi connectivity index (χ0) is 8.69. The summed E-state index contributed by atoms with van der Waals surface area (Å²) in [5.41, 5.74) is 0. The predicted octanol–water partition coefficient (Wildman–Crippen LogP) is 1.24. The van der Waals surface area contributed by atoms with Crippen LogP contribution in [0.25, 0.3) is 0 Å². The van der Waals surface area contributed by atoms with Crippen LogP contribution in [0.5, 0.6) is 0 Å². The number of carboxylic acids is 1. The first-order valence-electron chi connectivity index (χ1n) is 3.50. The smallest absolute Gasteiger partial charge is 0.306 e. The van der Waals surface area contributed by atoms with Crippen molar-refractivity contribution in [3.63, 3.8) is 0 Å². The Morgan fingerprint density at radius 2 is 2.18 bits per heavy atom. The van der Waals surface area contributed by atoms with E-state index < -0.39 is 5.97 Å². The Morgan fingerprint density at radius 1 is 1.55 bits per heavy atom. The van der Waals surface area contributed by atoms with Crippen molar-refractivity contribution in [2.75, 3.05) is 0 Å². The van der Waals surface area contributed by atoms with Crippen LogP contribution in [0.2, 0.25) is 0 Å². The first kappa shape index (κ1) is 9.88. The van der Waals surface area contributed by atoms with Crippen LogP contribution in [-0.4, -0.2) is 17.4 Å². The molecule has 0 amide bonds. The molecule has 0 saturated carbocycles. The molecule has 0 bridgehead atoms. The maximum atomic E-state index is 10.3. The van der Waals surface area contributed by atoms with Gasteiger partial charge in [0.1, 0.15) is 6.29 Å². The van der Waals surface area contributed by atoms with E-state index in [4.69, 9.17) is 5.11 Å². The lowest BCUT2D eigenvalue weighted by molar-refractivity contribution is -0.140. The molecule has 0 aliphatic carbocycles. The summed E-state index contributed by atoms with van der Waals surface area (Å²) < 4.78 is 0. The van der Waals surface area contributed by atoms with Crippen molar-refractivity contribution in [2.24, 2.45) is 5.92 Å². The second-order valence-electron chi connectivity index (χ2n) is 2.35. The number of aldehydes is 1. The molecule has 0 rings (SSSR count). The zero-order valence-electron chi connectivity index (χ0n) is 6.49. The standard InChI is InChI=1S/C8H12O3/c1-7(8(10)11)5-3-2-4-6-9/h2-3,6-7H,4-5H2,1H3,(H,10,11)/b3-2+. The highest BCUT2D eigenvalue weighted by atomic mass is 16.4. The topological polar surface area (TPSA) is 54.4 Å². The van der Waals surface area contributed by atoms with E-state index in [1.165, 1.54) is 0 Å². The maximum Gasteiger partial charge on any atom is 0.306 e. The van der Waals surface area contributed by atoms with Gasteiger partial charge >= 0.3 is 5.97 Å². The highest BCUT2D eigenvalue weighted by Gasteiger charge is 2.06. The van der Waals surface area contributed by atoms with Gasteiger partial charge in [0.15, 0.2) is 0 Å². The van der Waals surface area contributed by atoms with Crippen LogP contribution in [0.3, 0.4) is 0 Å². The fourth-order valence-corrected chi connectivity index (χ4v) is 0.553. The summed E-state index contributed by atoms with van der Waals surface area (Å²) in [7, 11) is 0. The van der Waals surface area contributed by atoms with Crippen molar-refractivity contribution < 1.29 is 14.7 Å². The molecule has 0 saturated heterocycles. The number of carbonyl (C=O) groups is 2. The Kier molecular flexibility index (Phi) is 5.07. The third-order valence-electron chi connectivity index (χ3n) is 1.31. The van der Waals surface area contributed by atoms with Gasteiger partial charge in [-0.05, 0) is 6.42 Å². The van der Waals surface area contributed by atoms with E-state index in [0.29, 0.717) is 12.8 Å². The van der Waals surface area contributed by atoms with Crippen molar-refractivity contribution in [1.82, 2.24) is 0 Å². The van der Waals surface area contributed by atoms with Crippen LogP contribution in [-0.2, 0) is 9.59 Å². The van der Waals surface area contributed by atoms with Gasteiger partial charge in [-0.1, -0.05) is 19.1 Å². The molecule has 1 N–H and O–H groups in total. The monoisotopic (exact) mass is 156 g/mol. The second kappa shape index (κ2) is 5.65. The van der Waals surface area contributed by atoms with Gasteiger partial charge in [-0.25, -0.2) is 0 Å². The largest absolute Gasteiger partial charge is 0.481 e. The molecule has 11 heavy (non-hydrogen) atoms. The van der Waals surface area contributed by atoms with Crippen LogP contribution < -0.4 is 0 Å². The summed E-state index contributed by atoms with van der Waals surface area (Å²) in [4.78, 5) is 20.1. The van der Waals surface area contributed by atoms with Gasteiger partial charge in [-0.15, -0.1) is 0 Å². The Hall–Kier alpha value is -1.12. The molecule has 1 atom stereocenters. The van der Waals surface area contributed by atoms with Crippen molar-refractivity contribution >= 4 is 12.3 Å². The molecule has 0 aliphatic heterocycles. The molecule has 0 spiro atoms. The maximum absolute atomic E-state index is 10.3. The number of allylic oxidation sites excluding steroid dienone is 2. The van der Waals surface area contributed by atoms with Crippen molar-refractivity contribution in [2.45, 2.75) is 19.8 Å². The summed E-state index contributed by atoms with van der Waals surface area (Å²) in [6.45, 7) is 1.63. The minimum Gasteiger partial charge on any atom is -0.481 e. The molecular weight excluding hydrogens is 144 g/mol. The van der Waals surface area contributed by atoms with Gasteiger partial charge < -0.3 is 9.90 Å². The first-order chi connectivity index (χ1) is 5.18. The number of hydrogen-bond donors (Lipinski definition) is 1. The molecule has 1 unspecified atom stereocenters. The number of aliphatic carboxylic acids is 1. The fraction of sp³-hybridized carbons (Fsp3) is 0.500. The van der Waals surface area contributed by atoms with Gasteiger partial charge in [0, 0.05) is 6.42 Å². The summed E-state index contributed by atoms with van der Waals surface area (Å²) >= 11 is 0. The lowest BCUT2D eigenvalue weighted by Crippen LogP contribution is -2.07. The predicted molar refractivity (Wildman–Crippen MR) is 41.2 cm³/mol. The van der Waals surface area contributed by atoms with Crippen molar-refractivity contribution in [3.05, 3.63) is 12.2 Å². The number of rotatable bonds is 5. The molecule has 3 nitrogen and oxygen atoms in total. The van der Waals surface area contributed by atoms with Gasteiger partial charge in [0.2, 0.25) is 0 Å². The average molecular weight is 156 g/mol. The molecule has 0 aromatic rings. The minimum atomic E-state index is -0.805. The third kappa shape index (κ3) is 5.33. The average Bonchev–Trinajstić information content (AvgIpc) is 1.97.